The summed E-state index contributed by atoms with van der Waals surface area (Å²) in [5.41, 5.74) is 2.65. The molecule has 0 fully saturated rings. The van der Waals surface area contributed by atoms with Crippen molar-refractivity contribution in [2.24, 2.45) is 14.1 Å². The van der Waals surface area contributed by atoms with Crippen molar-refractivity contribution in [3.63, 3.8) is 0 Å². The van der Waals surface area contributed by atoms with Crippen LogP contribution in [0.15, 0.2) is 64.3 Å². The van der Waals surface area contributed by atoms with Crippen molar-refractivity contribution in [2.45, 2.75) is 6.92 Å². The standard InChI is InChI=1S/C22H19ClN4O3/c1-13(28)24-16-8-10-17(11-9-16)27-12-18-19(21(29)26(3)22(30)25(18)2)20(27)14-4-6-15(23)7-5-14/h4-12H,1-3H3,(H,24,28). The molecule has 0 aliphatic heterocycles. The molecule has 0 aliphatic rings. The number of amides is 1. The van der Waals surface area contributed by atoms with Gasteiger partial charge < -0.3 is 9.88 Å². The Morgan fingerprint density at radius 2 is 1.57 bits per heavy atom. The first-order valence-corrected chi connectivity index (χ1v) is 9.60. The molecular weight excluding hydrogens is 404 g/mol. The van der Waals surface area contributed by atoms with Crippen LogP contribution in [0.2, 0.25) is 5.02 Å². The smallest absolute Gasteiger partial charge is 0.326 e. The maximum absolute atomic E-state index is 13.0. The number of hydrogen-bond acceptors (Lipinski definition) is 3. The first kappa shape index (κ1) is 19.7. The van der Waals surface area contributed by atoms with Crippen molar-refractivity contribution in [2.75, 3.05) is 5.32 Å². The fourth-order valence-electron chi connectivity index (χ4n) is 3.54. The van der Waals surface area contributed by atoms with Crippen LogP contribution in [0.3, 0.4) is 0 Å². The number of carbonyl (C=O) groups excluding carboxylic acids is 1. The molecule has 0 radical (unpaired) electrons. The van der Waals surface area contributed by atoms with Gasteiger partial charge in [-0.3, -0.25) is 18.7 Å². The Balaban J connectivity index is 2.05. The van der Waals surface area contributed by atoms with Crippen molar-refractivity contribution in [3.05, 3.63) is 80.6 Å². The van der Waals surface area contributed by atoms with Gasteiger partial charge in [0.25, 0.3) is 5.56 Å². The number of halogens is 1. The number of nitrogens with zero attached hydrogens (tertiary/aromatic N) is 3. The van der Waals surface area contributed by atoms with E-state index >= 15 is 0 Å². The lowest BCUT2D eigenvalue weighted by molar-refractivity contribution is -0.114. The predicted octanol–water partition coefficient (Wildman–Crippen LogP) is 3.31. The molecule has 0 unspecified atom stereocenters. The SMILES string of the molecule is CC(=O)Nc1ccc(-n2cc3c(c2-c2ccc(Cl)cc2)c(=O)n(C)c(=O)n3C)cc1. The van der Waals surface area contributed by atoms with E-state index in [0.29, 0.717) is 27.3 Å². The third-order valence-electron chi connectivity index (χ3n) is 5.02. The fraction of sp³-hybridized carbons (Fsp3) is 0.136. The summed E-state index contributed by atoms with van der Waals surface area (Å²) in [4.78, 5) is 36.8. The zero-order chi connectivity index (χ0) is 21.6. The maximum atomic E-state index is 13.0. The van der Waals surface area contributed by atoms with E-state index in [4.69, 9.17) is 11.6 Å². The van der Waals surface area contributed by atoms with Gasteiger partial charge in [0, 0.05) is 43.6 Å². The first-order valence-electron chi connectivity index (χ1n) is 9.23. The summed E-state index contributed by atoms with van der Waals surface area (Å²) in [6.45, 7) is 1.45. The molecule has 2 heterocycles. The first-order chi connectivity index (χ1) is 14.3. The van der Waals surface area contributed by atoms with Gasteiger partial charge in [0.05, 0.1) is 16.6 Å². The number of aryl methyl sites for hydroxylation is 1. The zero-order valence-corrected chi connectivity index (χ0v) is 17.4. The summed E-state index contributed by atoms with van der Waals surface area (Å²) in [5, 5.41) is 3.76. The Bertz CT molecular complexity index is 1390. The average Bonchev–Trinajstić information content (AvgIpc) is 3.12. The number of hydrogen-bond donors (Lipinski definition) is 1. The Morgan fingerprint density at radius 3 is 2.17 bits per heavy atom. The number of nitrogens with one attached hydrogen (secondary N) is 1. The number of aromatic nitrogens is 3. The summed E-state index contributed by atoms with van der Waals surface area (Å²) < 4.78 is 4.43. The molecule has 0 atom stereocenters. The van der Waals surface area contributed by atoms with E-state index in [1.807, 2.05) is 28.8 Å². The second-order valence-corrected chi connectivity index (χ2v) is 7.49. The molecule has 4 aromatic rings. The molecular formula is C22H19ClN4O3. The lowest BCUT2D eigenvalue weighted by atomic mass is 10.1. The second-order valence-electron chi connectivity index (χ2n) is 7.05. The number of fused-ring (bicyclic) bond motifs is 1. The fourth-order valence-corrected chi connectivity index (χ4v) is 3.67. The lowest BCUT2D eigenvalue weighted by Gasteiger charge is -2.11. The van der Waals surface area contributed by atoms with Crippen LogP contribution >= 0.6 is 11.6 Å². The van der Waals surface area contributed by atoms with Crippen molar-refractivity contribution < 1.29 is 4.79 Å². The normalized spacial score (nSPS) is 11.1. The molecule has 8 heteroatoms. The molecule has 1 N–H and O–H groups in total. The highest BCUT2D eigenvalue weighted by Crippen LogP contribution is 2.32. The average molecular weight is 423 g/mol. The minimum Gasteiger partial charge on any atom is -0.326 e. The lowest BCUT2D eigenvalue weighted by Crippen LogP contribution is -2.36. The number of anilines is 1. The molecule has 0 spiro atoms. The molecule has 2 aromatic carbocycles. The van der Waals surface area contributed by atoms with Crippen LogP contribution in [0.25, 0.3) is 27.8 Å². The van der Waals surface area contributed by atoms with Crippen LogP contribution in [-0.4, -0.2) is 19.6 Å². The van der Waals surface area contributed by atoms with Gasteiger partial charge in [0.1, 0.15) is 0 Å². The maximum Gasteiger partial charge on any atom is 0.330 e. The van der Waals surface area contributed by atoms with E-state index in [1.165, 1.54) is 18.5 Å². The van der Waals surface area contributed by atoms with Gasteiger partial charge >= 0.3 is 5.69 Å². The van der Waals surface area contributed by atoms with Crippen LogP contribution in [0, 0.1) is 0 Å². The van der Waals surface area contributed by atoms with Gasteiger partial charge in [-0.15, -0.1) is 0 Å². The minimum absolute atomic E-state index is 0.158. The van der Waals surface area contributed by atoms with Gasteiger partial charge in [-0.05, 0) is 42.0 Å². The van der Waals surface area contributed by atoms with E-state index in [0.717, 1.165) is 15.8 Å². The predicted molar refractivity (Wildman–Crippen MR) is 119 cm³/mol. The van der Waals surface area contributed by atoms with E-state index in [-0.39, 0.29) is 11.5 Å². The van der Waals surface area contributed by atoms with Crippen molar-refractivity contribution in [1.29, 1.82) is 0 Å². The van der Waals surface area contributed by atoms with Crippen LogP contribution < -0.4 is 16.6 Å². The van der Waals surface area contributed by atoms with Crippen LogP contribution in [0.4, 0.5) is 5.69 Å². The molecule has 0 aliphatic carbocycles. The highest BCUT2D eigenvalue weighted by Gasteiger charge is 2.20. The second kappa shape index (κ2) is 7.35. The van der Waals surface area contributed by atoms with E-state index in [9.17, 15) is 14.4 Å². The quantitative estimate of drug-likeness (QED) is 0.550. The van der Waals surface area contributed by atoms with E-state index in [1.54, 1.807) is 37.5 Å². The zero-order valence-electron chi connectivity index (χ0n) is 16.6. The molecule has 0 saturated carbocycles. The molecule has 0 bridgehead atoms. The van der Waals surface area contributed by atoms with Crippen LogP contribution in [0.5, 0.6) is 0 Å². The van der Waals surface area contributed by atoms with Gasteiger partial charge in [0.15, 0.2) is 0 Å². The van der Waals surface area contributed by atoms with Crippen molar-refractivity contribution >= 4 is 34.1 Å². The van der Waals surface area contributed by atoms with E-state index < -0.39 is 5.69 Å². The third-order valence-corrected chi connectivity index (χ3v) is 5.27. The molecule has 152 valence electrons. The highest BCUT2D eigenvalue weighted by atomic mass is 35.5. The topological polar surface area (TPSA) is 78.0 Å². The Hall–Kier alpha value is -3.58. The third kappa shape index (κ3) is 3.23. The van der Waals surface area contributed by atoms with Crippen molar-refractivity contribution in [1.82, 2.24) is 13.7 Å². The summed E-state index contributed by atoms with van der Waals surface area (Å²) in [5.74, 6) is -0.158. The molecule has 2 aromatic heterocycles. The van der Waals surface area contributed by atoms with Gasteiger partial charge in [-0.2, -0.15) is 0 Å². The Morgan fingerprint density at radius 1 is 0.933 bits per heavy atom. The summed E-state index contributed by atoms with van der Waals surface area (Å²) in [6, 6.07) is 14.4. The van der Waals surface area contributed by atoms with E-state index in [2.05, 4.69) is 5.32 Å². The van der Waals surface area contributed by atoms with Crippen LogP contribution in [0.1, 0.15) is 6.92 Å². The molecule has 1 amide bonds. The van der Waals surface area contributed by atoms with Crippen LogP contribution in [-0.2, 0) is 18.9 Å². The summed E-state index contributed by atoms with van der Waals surface area (Å²) in [7, 11) is 3.11. The summed E-state index contributed by atoms with van der Waals surface area (Å²) in [6.07, 6.45) is 1.77. The van der Waals surface area contributed by atoms with Gasteiger partial charge in [0.2, 0.25) is 5.91 Å². The Labute approximate surface area is 176 Å². The summed E-state index contributed by atoms with van der Waals surface area (Å²) >= 11 is 6.06. The number of rotatable bonds is 3. The molecule has 30 heavy (non-hydrogen) atoms. The van der Waals surface area contributed by atoms with Gasteiger partial charge in [-0.1, -0.05) is 23.7 Å². The Kier molecular flexibility index (Phi) is 4.83. The van der Waals surface area contributed by atoms with Crippen molar-refractivity contribution in [3.8, 4) is 16.9 Å². The molecule has 0 saturated heterocycles. The minimum atomic E-state index is -0.395. The molecule has 4 rings (SSSR count). The largest absolute Gasteiger partial charge is 0.330 e. The number of benzene rings is 2. The monoisotopic (exact) mass is 422 g/mol. The molecule has 7 nitrogen and oxygen atoms in total. The number of carbonyl (C=O) groups is 1. The highest BCUT2D eigenvalue weighted by molar-refractivity contribution is 6.30. The van der Waals surface area contributed by atoms with Gasteiger partial charge in [-0.25, -0.2) is 4.79 Å².